The van der Waals surface area contributed by atoms with Gasteiger partial charge in [0.1, 0.15) is 6.10 Å². The summed E-state index contributed by atoms with van der Waals surface area (Å²) in [6.45, 7) is 18.6. The summed E-state index contributed by atoms with van der Waals surface area (Å²) in [6, 6.07) is 0. The van der Waals surface area contributed by atoms with Gasteiger partial charge in [-0.25, -0.2) is 0 Å². The summed E-state index contributed by atoms with van der Waals surface area (Å²) in [7, 11) is -5.90. The third-order valence-electron chi connectivity index (χ3n) is 5.89. The van der Waals surface area contributed by atoms with Gasteiger partial charge in [0.25, 0.3) is 10.1 Å². The highest BCUT2D eigenvalue weighted by Gasteiger charge is 2.42. The molecule has 0 saturated carbocycles. The van der Waals surface area contributed by atoms with Gasteiger partial charge >= 0.3 is 0 Å². The lowest BCUT2D eigenvalue weighted by Crippen LogP contribution is -2.49. The molecular weight excluding hydrogens is 430 g/mol. The average Bonchev–Trinajstić information content (AvgIpc) is 2.56. The average molecular weight is 474 g/mol. The molecule has 180 valence electrons. The van der Waals surface area contributed by atoms with Crippen LogP contribution in [0.2, 0.25) is 18.1 Å². The van der Waals surface area contributed by atoms with E-state index in [0.29, 0.717) is 12.8 Å². The minimum atomic E-state index is -3.76. The van der Waals surface area contributed by atoms with Crippen LogP contribution >= 0.6 is 0 Å². The van der Waals surface area contributed by atoms with E-state index in [-0.39, 0.29) is 11.6 Å². The summed E-state index contributed by atoms with van der Waals surface area (Å²) in [5.74, 6) is 0. The van der Waals surface area contributed by atoms with Crippen LogP contribution in [0.15, 0.2) is 28.4 Å². The predicted octanol–water partition coefficient (Wildman–Crippen LogP) is 6.89. The van der Waals surface area contributed by atoms with Crippen molar-refractivity contribution < 1.29 is 17.0 Å². The Morgan fingerprint density at radius 1 is 1.13 bits per heavy atom. The Morgan fingerprint density at radius 2 is 1.71 bits per heavy atom. The first-order valence-electron chi connectivity index (χ1n) is 10.8. The summed E-state index contributed by atoms with van der Waals surface area (Å²) in [5.41, 5.74) is 10.7. The minimum absolute atomic E-state index is 0.0390. The summed E-state index contributed by atoms with van der Waals surface area (Å²) >= 11 is 0. The zero-order valence-electron chi connectivity index (χ0n) is 21.2. The standard InChI is InChI=1S/C22H43N3O4SSi/c1-18(2)13-11-14-19(3)15-12-16-22(7,24-25-23)20(29-30(8,26)27)17-28-31(9,10)21(4,5)6/h13,15,20H,11-12,14,16-17H2,1-10H3/b19-15+/t20-,22+/m1/s1. The molecule has 0 bridgehead atoms. The molecule has 0 rings (SSSR count). The molecule has 0 aromatic heterocycles. The fraction of sp³-hybridized carbons (Fsp3) is 0.818. The topological polar surface area (TPSA) is 101 Å². The van der Waals surface area contributed by atoms with E-state index in [1.165, 1.54) is 11.1 Å². The third-order valence-corrected chi connectivity index (χ3v) is 11.0. The number of allylic oxidation sites excluding steroid dienone is 4. The van der Waals surface area contributed by atoms with Crippen molar-refractivity contribution in [3.8, 4) is 0 Å². The number of rotatable bonds is 13. The maximum Gasteiger partial charge on any atom is 0.264 e. The van der Waals surface area contributed by atoms with Gasteiger partial charge < -0.3 is 4.43 Å². The van der Waals surface area contributed by atoms with Crippen LogP contribution in [0.3, 0.4) is 0 Å². The van der Waals surface area contributed by atoms with Gasteiger partial charge in [-0.1, -0.05) is 56.1 Å². The van der Waals surface area contributed by atoms with E-state index in [9.17, 15) is 13.9 Å². The summed E-state index contributed by atoms with van der Waals surface area (Å²) < 4.78 is 35.5. The van der Waals surface area contributed by atoms with Crippen LogP contribution in [0.4, 0.5) is 0 Å². The highest BCUT2D eigenvalue weighted by molar-refractivity contribution is 7.86. The molecule has 0 N–H and O–H groups in total. The minimum Gasteiger partial charge on any atom is -0.414 e. The maximum absolute atomic E-state index is 12.0. The lowest BCUT2D eigenvalue weighted by atomic mass is 9.90. The quantitative estimate of drug-likeness (QED) is 0.0725. The Labute approximate surface area is 191 Å². The highest BCUT2D eigenvalue weighted by atomic mass is 32.2. The molecule has 9 heteroatoms. The molecule has 0 aliphatic heterocycles. The predicted molar refractivity (Wildman–Crippen MR) is 132 cm³/mol. The SMILES string of the molecule is CC(C)=CCC/C(C)=C/CC[C@](C)(N=[N+]=[N-])[C@@H](CO[Si](C)(C)C(C)(C)C)OS(C)(=O)=O. The number of hydrogen-bond acceptors (Lipinski definition) is 5. The van der Waals surface area contributed by atoms with Crippen LogP contribution in [0.1, 0.15) is 74.1 Å². The molecular formula is C22H43N3O4SSi. The van der Waals surface area contributed by atoms with Gasteiger partial charge in [-0.05, 0) is 70.1 Å². The van der Waals surface area contributed by atoms with Crippen LogP contribution in [0.25, 0.3) is 10.4 Å². The Bertz CT molecular complexity index is 790. The molecule has 0 saturated heterocycles. The van der Waals surface area contributed by atoms with E-state index in [4.69, 9.17) is 8.61 Å². The van der Waals surface area contributed by atoms with E-state index >= 15 is 0 Å². The summed E-state index contributed by atoms with van der Waals surface area (Å²) in [6.07, 6.45) is 7.49. The first kappa shape index (κ1) is 29.9. The van der Waals surface area contributed by atoms with Crippen molar-refractivity contribution in [2.75, 3.05) is 12.9 Å². The van der Waals surface area contributed by atoms with Crippen molar-refractivity contribution in [3.63, 3.8) is 0 Å². The zero-order valence-corrected chi connectivity index (χ0v) is 23.0. The van der Waals surface area contributed by atoms with Crippen LogP contribution in [0.5, 0.6) is 0 Å². The first-order chi connectivity index (χ1) is 13.9. The van der Waals surface area contributed by atoms with Crippen LogP contribution in [0, 0.1) is 0 Å². The largest absolute Gasteiger partial charge is 0.414 e. The molecule has 7 nitrogen and oxygen atoms in total. The van der Waals surface area contributed by atoms with Gasteiger partial charge in [0.15, 0.2) is 8.32 Å². The molecule has 0 aliphatic carbocycles. The molecule has 0 amide bonds. The van der Waals surface area contributed by atoms with E-state index < -0.39 is 30.1 Å². The fourth-order valence-corrected chi connectivity index (χ4v) is 4.39. The molecule has 0 fully saturated rings. The summed E-state index contributed by atoms with van der Waals surface area (Å²) in [5, 5.41) is 3.93. The molecule has 0 spiro atoms. The van der Waals surface area contributed by atoms with Gasteiger partial charge in [-0.3, -0.25) is 4.18 Å². The Balaban J connectivity index is 5.56. The van der Waals surface area contributed by atoms with Gasteiger partial charge in [-0.15, -0.1) is 0 Å². The monoisotopic (exact) mass is 473 g/mol. The highest BCUT2D eigenvalue weighted by Crippen LogP contribution is 2.37. The second kappa shape index (κ2) is 12.2. The summed E-state index contributed by atoms with van der Waals surface area (Å²) in [4.78, 5) is 3.00. The molecule has 31 heavy (non-hydrogen) atoms. The van der Waals surface area contributed by atoms with Gasteiger partial charge in [-0.2, -0.15) is 8.42 Å². The lowest BCUT2D eigenvalue weighted by Gasteiger charge is -2.39. The Hall–Kier alpha value is -1.12. The fourth-order valence-electron chi connectivity index (χ4n) is 2.70. The number of nitrogens with zero attached hydrogens (tertiary/aromatic N) is 3. The van der Waals surface area contributed by atoms with E-state index in [1.54, 1.807) is 6.92 Å². The number of hydrogen-bond donors (Lipinski definition) is 0. The van der Waals surface area contributed by atoms with Gasteiger partial charge in [0, 0.05) is 4.91 Å². The normalized spacial score (nSPS) is 16.3. The molecule has 2 atom stereocenters. The van der Waals surface area contributed by atoms with Crippen molar-refractivity contribution in [1.82, 2.24) is 0 Å². The Kier molecular flexibility index (Phi) is 11.8. The molecule has 0 aliphatic rings. The van der Waals surface area contributed by atoms with Crippen molar-refractivity contribution >= 4 is 18.4 Å². The van der Waals surface area contributed by atoms with Crippen molar-refractivity contribution in [2.24, 2.45) is 5.11 Å². The molecule has 0 radical (unpaired) electrons. The second-order valence-corrected chi connectivity index (χ2v) is 16.7. The van der Waals surface area contributed by atoms with Crippen LogP contribution < -0.4 is 0 Å². The molecule has 0 heterocycles. The lowest BCUT2D eigenvalue weighted by molar-refractivity contribution is 0.0644. The maximum atomic E-state index is 12.0. The van der Waals surface area contributed by atoms with E-state index in [2.05, 4.69) is 76.8 Å². The molecule has 0 unspecified atom stereocenters. The van der Waals surface area contributed by atoms with Gasteiger partial charge in [0.05, 0.1) is 18.4 Å². The Morgan fingerprint density at radius 3 is 2.16 bits per heavy atom. The van der Waals surface area contributed by atoms with Crippen molar-refractivity contribution in [3.05, 3.63) is 33.7 Å². The number of azide groups is 1. The molecule has 0 aromatic carbocycles. The smallest absolute Gasteiger partial charge is 0.264 e. The second-order valence-electron chi connectivity index (χ2n) is 10.3. The third kappa shape index (κ3) is 11.9. The van der Waals surface area contributed by atoms with Crippen LogP contribution in [-0.4, -0.2) is 41.2 Å². The van der Waals surface area contributed by atoms with E-state index in [0.717, 1.165) is 19.1 Å². The van der Waals surface area contributed by atoms with Crippen molar-refractivity contribution in [2.45, 2.75) is 104 Å². The van der Waals surface area contributed by atoms with E-state index in [1.807, 2.05) is 0 Å². The van der Waals surface area contributed by atoms with Crippen LogP contribution in [-0.2, 0) is 18.7 Å². The van der Waals surface area contributed by atoms with Crippen molar-refractivity contribution in [1.29, 1.82) is 0 Å². The molecule has 0 aromatic rings. The zero-order chi connectivity index (χ0) is 24.5. The first-order valence-corrected chi connectivity index (χ1v) is 15.5. The van der Waals surface area contributed by atoms with Gasteiger partial charge in [0.2, 0.25) is 0 Å².